The number of carbonyl (C=O) groups excluding carboxylic acids is 1. The summed E-state index contributed by atoms with van der Waals surface area (Å²) in [6.45, 7) is 0.0313. The van der Waals surface area contributed by atoms with Gasteiger partial charge in [-0.05, 0) is 36.2 Å². The zero-order chi connectivity index (χ0) is 18.4. The molecule has 0 spiro atoms. The molecule has 0 aliphatic rings. The Morgan fingerprint density at radius 1 is 1.27 bits per heavy atom. The molecule has 0 aromatic heterocycles. The lowest BCUT2D eigenvalue weighted by Crippen LogP contribution is -2.33. The summed E-state index contributed by atoms with van der Waals surface area (Å²) in [5, 5.41) is 13.6. The van der Waals surface area contributed by atoms with E-state index in [1.165, 1.54) is 13.2 Å². The second-order valence-electron chi connectivity index (χ2n) is 5.20. The molecule has 2 rings (SSSR count). The van der Waals surface area contributed by atoms with Crippen LogP contribution in [0.15, 0.2) is 36.4 Å². The number of aromatic hydroxyl groups is 1. The van der Waals surface area contributed by atoms with Gasteiger partial charge in [0.05, 0.1) is 22.8 Å². The Balaban J connectivity index is 0.00000338. The fraction of sp³-hybridized carbons (Fsp3) is 0.235. The van der Waals surface area contributed by atoms with Crippen molar-refractivity contribution in [3.63, 3.8) is 0 Å². The fourth-order valence-corrected chi connectivity index (χ4v) is 2.65. The molecular weight excluding hydrogens is 403 g/mol. The van der Waals surface area contributed by atoms with Gasteiger partial charge in [-0.3, -0.25) is 4.79 Å². The Morgan fingerprint density at radius 2 is 1.92 bits per heavy atom. The maximum Gasteiger partial charge on any atom is 0.322 e. The molecule has 2 aromatic carbocycles. The number of hydrogen-bond acceptors (Lipinski definition) is 6. The minimum absolute atomic E-state index is 0. The largest absolute Gasteiger partial charge is 0.506 e. The van der Waals surface area contributed by atoms with E-state index in [2.05, 4.69) is 10.1 Å². The fourth-order valence-electron chi connectivity index (χ4n) is 2.15. The third-order valence-electron chi connectivity index (χ3n) is 3.42. The number of esters is 1. The number of phenols is 1. The molecule has 0 aliphatic carbocycles. The van der Waals surface area contributed by atoms with E-state index in [9.17, 15) is 9.90 Å². The molecule has 0 heterocycles. The van der Waals surface area contributed by atoms with Crippen LogP contribution in [-0.4, -0.2) is 31.0 Å². The van der Waals surface area contributed by atoms with Crippen molar-refractivity contribution in [3.8, 4) is 11.5 Å². The summed E-state index contributed by atoms with van der Waals surface area (Å²) in [6.07, 6.45) is 0.277. The summed E-state index contributed by atoms with van der Waals surface area (Å²) in [5.74, 6) is -0.120. The van der Waals surface area contributed by atoms with Crippen LogP contribution in [-0.2, 0) is 16.0 Å². The van der Waals surface area contributed by atoms with Crippen LogP contribution in [0.3, 0.4) is 0 Å². The quantitative estimate of drug-likeness (QED) is 0.359. The number of anilines is 1. The summed E-state index contributed by atoms with van der Waals surface area (Å²) in [5.41, 5.74) is 6.93. The third-order valence-corrected chi connectivity index (χ3v) is 4.01. The second-order valence-corrected chi connectivity index (χ2v) is 6.02. The van der Waals surface area contributed by atoms with E-state index in [1.54, 1.807) is 30.3 Å². The Hall–Kier alpha value is -1.86. The Bertz CT molecular complexity index is 739. The van der Waals surface area contributed by atoms with Crippen molar-refractivity contribution in [2.75, 3.05) is 19.2 Å². The number of ether oxygens (including phenoxy) is 2. The Labute approximate surface area is 167 Å². The number of carbonyl (C=O) groups is 1. The molecule has 0 bridgehead atoms. The molecule has 26 heavy (non-hydrogen) atoms. The maximum atomic E-state index is 11.4. The Morgan fingerprint density at radius 3 is 2.54 bits per heavy atom. The molecule has 0 saturated heterocycles. The molecule has 0 aliphatic heterocycles. The van der Waals surface area contributed by atoms with Crippen molar-refractivity contribution in [1.29, 1.82) is 0 Å². The first-order valence-corrected chi connectivity index (χ1v) is 8.14. The first-order chi connectivity index (χ1) is 11.9. The molecule has 1 unspecified atom stereocenters. The lowest BCUT2D eigenvalue weighted by molar-refractivity contribution is -0.142. The van der Waals surface area contributed by atoms with Gasteiger partial charge in [-0.2, -0.15) is 0 Å². The molecule has 0 amide bonds. The number of phenolic OH excluding ortho intramolecular Hbond substituents is 1. The van der Waals surface area contributed by atoms with Crippen LogP contribution >= 0.6 is 35.6 Å². The summed E-state index contributed by atoms with van der Waals surface area (Å²) >= 11 is 12.0. The lowest BCUT2D eigenvalue weighted by atomic mass is 10.1. The van der Waals surface area contributed by atoms with Gasteiger partial charge in [-0.25, -0.2) is 0 Å². The number of nitrogens with two attached hydrogens (primary N) is 1. The van der Waals surface area contributed by atoms with E-state index < -0.39 is 12.0 Å². The van der Waals surface area contributed by atoms with Gasteiger partial charge in [0.2, 0.25) is 0 Å². The lowest BCUT2D eigenvalue weighted by Gasteiger charge is -2.14. The predicted molar refractivity (Wildman–Crippen MR) is 105 cm³/mol. The van der Waals surface area contributed by atoms with Gasteiger partial charge in [0.1, 0.15) is 11.8 Å². The number of hydrogen-bond donors (Lipinski definition) is 3. The van der Waals surface area contributed by atoms with Crippen molar-refractivity contribution in [2.45, 2.75) is 12.5 Å². The van der Waals surface area contributed by atoms with Crippen LogP contribution in [0, 0.1) is 0 Å². The van der Waals surface area contributed by atoms with E-state index in [0.29, 0.717) is 21.5 Å². The number of para-hydroxylation sites is 1. The number of benzene rings is 2. The topological polar surface area (TPSA) is 93.8 Å². The summed E-state index contributed by atoms with van der Waals surface area (Å²) in [6, 6.07) is 9.12. The standard InChI is InChI=1S/C17H18Cl2N2O4.ClH/c1-24-17(23)13(20)7-10-5-6-15(22)14(8-10)21-9-25-16-11(18)3-2-4-12(16)19;/h2-6,8,13,21-22H,7,9,20H2,1H3;1H. The number of nitrogens with one attached hydrogen (secondary N) is 1. The van der Waals surface area contributed by atoms with Crippen LogP contribution in [0.1, 0.15) is 5.56 Å². The maximum absolute atomic E-state index is 11.4. The molecule has 6 nitrogen and oxygen atoms in total. The van der Waals surface area contributed by atoms with Crippen LogP contribution < -0.4 is 15.8 Å². The van der Waals surface area contributed by atoms with Gasteiger partial charge < -0.3 is 25.6 Å². The van der Waals surface area contributed by atoms with E-state index in [0.717, 1.165) is 5.56 Å². The highest BCUT2D eigenvalue weighted by molar-refractivity contribution is 6.37. The van der Waals surface area contributed by atoms with Crippen LogP contribution in [0.25, 0.3) is 0 Å². The van der Waals surface area contributed by atoms with Gasteiger partial charge in [-0.1, -0.05) is 35.3 Å². The van der Waals surface area contributed by atoms with Crippen molar-refractivity contribution >= 4 is 47.3 Å². The number of methoxy groups -OCH3 is 1. The van der Waals surface area contributed by atoms with E-state index in [4.69, 9.17) is 33.7 Å². The predicted octanol–water partition coefficient (Wildman–Crippen LogP) is 3.61. The molecular formula is C17H19Cl3N2O4. The first kappa shape index (κ1) is 22.2. The van der Waals surface area contributed by atoms with Gasteiger partial charge in [0, 0.05) is 0 Å². The summed E-state index contributed by atoms with van der Waals surface area (Å²) in [7, 11) is 1.28. The average Bonchev–Trinajstić information content (AvgIpc) is 2.59. The third kappa shape index (κ3) is 5.85. The van der Waals surface area contributed by atoms with Crippen molar-refractivity contribution in [2.24, 2.45) is 5.73 Å². The smallest absolute Gasteiger partial charge is 0.322 e. The Kier molecular flexibility index (Phi) is 8.81. The highest BCUT2D eigenvalue weighted by atomic mass is 35.5. The highest BCUT2D eigenvalue weighted by Gasteiger charge is 2.15. The molecule has 0 saturated carbocycles. The van der Waals surface area contributed by atoms with Gasteiger partial charge >= 0.3 is 5.97 Å². The van der Waals surface area contributed by atoms with E-state index in [1.807, 2.05) is 0 Å². The van der Waals surface area contributed by atoms with Gasteiger partial charge in [-0.15, -0.1) is 12.4 Å². The SMILES string of the molecule is COC(=O)C(N)Cc1ccc(O)c(NCOc2c(Cl)cccc2Cl)c1.Cl. The molecule has 0 radical (unpaired) electrons. The molecule has 1 atom stereocenters. The zero-order valence-corrected chi connectivity index (χ0v) is 16.2. The van der Waals surface area contributed by atoms with Crippen molar-refractivity contribution in [1.82, 2.24) is 0 Å². The average molecular weight is 422 g/mol. The summed E-state index contributed by atoms with van der Waals surface area (Å²) < 4.78 is 10.1. The summed E-state index contributed by atoms with van der Waals surface area (Å²) in [4.78, 5) is 11.4. The van der Waals surface area contributed by atoms with Crippen LogP contribution in [0.2, 0.25) is 10.0 Å². The van der Waals surface area contributed by atoms with Crippen LogP contribution in [0.5, 0.6) is 11.5 Å². The molecule has 0 fully saturated rings. The number of halogens is 3. The first-order valence-electron chi connectivity index (χ1n) is 7.38. The van der Waals surface area contributed by atoms with E-state index in [-0.39, 0.29) is 31.3 Å². The monoisotopic (exact) mass is 420 g/mol. The van der Waals surface area contributed by atoms with Gasteiger partial charge in [0.15, 0.2) is 12.5 Å². The highest BCUT2D eigenvalue weighted by Crippen LogP contribution is 2.32. The molecule has 142 valence electrons. The molecule has 2 aromatic rings. The normalized spacial score (nSPS) is 11.2. The van der Waals surface area contributed by atoms with Crippen LogP contribution in [0.4, 0.5) is 5.69 Å². The molecule has 9 heteroatoms. The van der Waals surface area contributed by atoms with Crippen molar-refractivity contribution < 1.29 is 19.4 Å². The number of rotatable bonds is 7. The van der Waals surface area contributed by atoms with Crippen molar-refractivity contribution in [3.05, 3.63) is 52.0 Å². The minimum Gasteiger partial charge on any atom is -0.506 e. The zero-order valence-electron chi connectivity index (χ0n) is 13.9. The second kappa shape index (κ2) is 10.3. The minimum atomic E-state index is -0.777. The van der Waals surface area contributed by atoms with Gasteiger partial charge in [0.25, 0.3) is 0 Å². The molecule has 4 N–H and O–H groups in total. The van der Waals surface area contributed by atoms with E-state index >= 15 is 0 Å².